The number of carbonyl (C=O) groups is 3. The summed E-state index contributed by atoms with van der Waals surface area (Å²) in [5.41, 5.74) is 4.41. The summed E-state index contributed by atoms with van der Waals surface area (Å²) < 4.78 is 2.72. The Morgan fingerprint density at radius 3 is 2.56 bits per heavy atom. The topological polar surface area (TPSA) is 87.5 Å². The van der Waals surface area contributed by atoms with Crippen molar-refractivity contribution in [2.45, 2.75) is 45.2 Å². The van der Waals surface area contributed by atoms with Crippen LogP contribution in [0.3, 0.4) is 0 Å². The van der Waals surface area contributed by atoms with Gasteiger partial charge in [0.15, 0.2) is 0 Å². The lowest BCUT2D eigenvalue weighted by Crippen LogP contribution is -2.47. The first-order valence-electron chi connectivity index (χ1n) is 12.2. The number of likely N-dealkylation sites (N-methyl/N-ethyl adjacent to an activating group) is 1. The van der Waals surface area contributed by atoms with Crippen LogP contribution in [-0.2, 0) is 29.0 Å². The van der Waals surface area contributed by atoms with Crippen LogP contribution >= 0.6 is 15.9 Å². The monoisotopic (exact) mass is 549 g/mol. The molecule has 0 spiro atoms. The largest absolute Gasteiger partial charge is 0.336 e. The molecule has 0 radical (unpaired) electrons. The number of hydrogen-bond donors (Lipinski definition) is 1. The third-order valence-electron chi connectivity index (χ3n) is 7.00. The van der Waals surface area contributed by atoms with Crippen molar-refractivity contribution in [1.82, 2.24) is 19.6 Å². The smallest absolute Gasteiger partial charge is 0.256 e. The Balaban J connectivity index is 1.31. The fraction of sp³-hybridized carbons (Fsp3) is 0.333. The number of benzene rings is 2. The third-order valence-corrected chi connectivity index (χ3v) is 7.53. The van der Waals surface area contributed by atoms with Gasteiger partial charge in [0.2, 0.25) is 11.8 Å². The van der Waals surface area contributed by atoms with E-state index in [4.69, 9.17) is 0 Å². The molecule has 3 aromatic rings. The maximum Gasteiger partial charge on any atom is 0.256 e. The Labute approximate surface area is 218 Å². The van der Waals surface area contributed by atoms with Crippen LogP contribution in [-0.4, -0.2) is 56.9 Å². The number of likely N-dealkylation sites (tertiary alicyclic amines) is 1. The summed E-state index contributed by atoms with van der Waals surface area (Å²) in [5.74, 6) is 0.435. The van der Waals surface area contributed by atoms with Crippen LogP contribution < -0.4 is 5.32 Å². The second-order valence-corrected chi connectivity index (χ2v) is 10.2. The van der Waals surface area contributed by atoms with Gasteiger partial charge < -0.3 is 15.1 Å². The average molecular weight is 550 g/mol. The minimum Gasteiger partial charge on any atom is -0.336 e. The van der Waals surface area contributed by atoms with Crippen molar-refractivity contribution in [3.05, 3.63) is 75.4 Å². The molecule has 0 saturated carbocycles. The number of hydrogen-bond acceptors (Lipinski definition) is 4. The molecular formula is C27H28BrN5O3. The first-order valence-corrected chi connectivity index (χ1v) is 13.0. The van der Waals surface area contributed by atoms with Crippen LogP contribution in [0.25, 0.3) is 5.69 Å². The fourth-order valence-electron chi connectivity index (χ4n) is 4.85. The van der Waals surface area contributed by atoms with E-state index in [0.717, 1.165) is 33.4 Å². The van der Waals surface area contributed by atoms with E-state index in [1.165, 1.54) is 0 Å². The highest BCUT2D eigenvalue weighted by Crippen LogP contribution is 2.26. The van der Waals surface area contributed by atoms with Crippen LogP contribution in [0.5, 0.6) is 0 Å². The number of nitrogens with one attached hydrogen (secondary N) is 1. The number of aryl methyl sites for hydroxylation is 1. The van der Waals surface area contributed by atoms with Gasteiger partial charge in [0.05, 0.1) is 11.4 Å². The summed E-state index contributed by atoms with van der Waals surface area (Å²) in [6.45, 7) is 3.09. The molecule has 2 aromatic carbocycles. The van der Waals surface area contributed by atoms with Gasteiger partial charge in [-0.25, -0.2) is 4.68 Å². The van der Waals surface area contributed by atoms with E-state index in [1.807, 2.05) is 54.3 Å². The van der Waals surface area contributed by atoms with Gasteiger partial charge in [0.1, 0.15) is 11.9 Å². The SMILES string of the molecule is CCc1cc(NC(=O)c2ccc3c(c2)CCN(C(=O)[C@H]2CCC(=O)N2C)C3)n(-c2ccc(Br)cc2)n1. The van der Waals surface area contributed by atoms with Crippen molar-refractivity contribution < 1.29 is 14.4 Å². The molecule has 186 valence electrons. The first kappa shape index (κ1) is 24.2. The standard InChI is InChI=1S/C27H28BrN5O3/c1-3-21-15-24(33(30-21)22-8-6-20(28)7-9-22)29-26(35)18-4-5-19-16-32(13-12-17(19)14-18)27(36)23-10-11-25(34)31(23)2/h4-9,14-15,23H,3,10-13,16H2,1-2H3,(H,29,35)/t23-/m1/s1. The zero-order valence-corrected chi connectivity index (χ0v) is 21.9. The Bertz CT molecular complexity index is 1330. The second kappa shape index (κ2) is 9.89. The maximum atomic E-state index is 13.2. The number of amides is 3. The third kappa shape index (κ3) is 4.67. The van der Waals surface area contributed by atoms with E-state index < -0.39 is 0 Å². The normalized spacial score (nSPS) is 17.3. The van der Waals surface area contributed by atoms with Crippen molar-refractivity contribution in [3.8, 4) is 5.69 Å². The summed E-state index contributed by atoms with van der Waals surface area (Å²) in [4.78, 5) is 41.4. The number of rotatable bonds is 5. The summed E-state index contributed by atoms with van der Waals surface area (Å²) in [6.07, 6.45) is 2.43. The van der Waals surface area contributed by atoms with Crippen molar-refractivity contribution in [2.24, 2.45) is 0 Å². The van der Waals surface area contributed by atoms with E-state index >= 15 is 0 Å². The molecule has 8 nitrogen and oxygen atoms in total. The predicted octanol–water partition coefficient (Wildman–Crippen LogP) is 3.96. The van der Waals surface area contributed by atoms with Crippen LogP contribution in [0.4, 0.5) is 5.82 Å². The van der Waals surface area contributed by atoms with Crippen molar-refractivity contribution in [1.29, 1.82) is 0 Å². The quantitative estimate of drug-likeness (QED) is 0.521. The van der Waals surface area contributed by atoms with E-state index in [2.05, 4.69) is 26.3 Å². The van der Waals surface area contributed by atoms with Gasteiger partial charge in [-0.1, -0.05) is 28.9 Å². The summed E-state index contributed by atoms with van der Waals surface area (Å²) in [6, 6.07) is 14.9. The number of nitrogens with zero attached hydrogens (tertiary/aromatic N) is 4. The molecule has 1 aromatic heterocycles. The van der Waals surface area contributed by atoms with E-state index in [0.29, 0.717) is 43.7 Å². The number of anilines is 1. The minimum atomic E-state index is -0.368. The molecule has 3 amide bonds. The Morgan fingerprint density at radius 2 is 1.86 bits per heavy atom. The summed E-state index contributed by atoms with van der Waals surface area (Å²) in [7, 11) is 1.70. The molecule has 2 aliphatic rings. The average Bonchev–Trinajstić information content (AvgIpc) is 3.45. The van der Waals surface area contributed by atoms with Gasteiger partial charge in [-0.15, -0.1) is 0 Å². The lowest BCUT2D eigenvalue weighted by molar-refractivity contribution is -0.140. The molecule has 36 heavy (non-hydrogen) atoms. The predicted molar refractivity (Wildman–Crippen MR) is 140 cm³/mol. The zero-order valence-electron chi connectivity index (χ0n) is 20.3. The van der Waals surface area contributed by atoms with Crippen molar-refractivity contribution in [2.75, 3.05) is 18.9 Å². The highest BCUT2D eigenvalue weighted by molar-refractivity contribution is 9.10. The molecule has 2 aliphatic heterocycles. The Morgan fingerprint density at radius 1 is 1.08 bits per heavy atom. The molecule has 9 heteroatoms. The van der Waals surface area contributed by atoms with Crippen LogP contribution in [0, 0.1) is 0 Å². The highest BCUT2D eigenvalue weighted by atomic mass is 79.9. The van der Waals surface area contributed by atoms with Gasteiger partial charge in [0.25, 0.3) is 5.91 Å². The lowest BCUT2D eigenvalue weighted by atomic mass is 9.96. The number of halogens is 1. The molecule has 5 rings (SSSR count). The molecule has 0 aliphatic carbocycles. The molecule has 0 bridgehead atoms. The molecule has 1 fully saturated rings. The number of aromatic nitrogens is 2. The number of carbonyl (C=O) groups excluding carboxylic acids is 3. The Kier molecular flexibility index (Phi) is 6.66. The number of fused-ring (bicyclic) bond motifs is 1. The maximum absolute atomic E-state index is 13.2. The van der Waals surface area contributed by atoms with Crippen molar-refractivity contribution >= 4 is 39.5 Å². The van der Waals surface area contributed by atoms with Gasteiger partial charge in [0, 0.05) is 42.7 Å². The zero-order chi connectivity index (χ0) is 25.4. The van der Waals surface area contributed by atoms with Gasteiger partial charge >= 0.3 is 0 Å². The lowest BCUT2D eigenvalue weighted by Gasteiger charge is -2.32. The van der Waals surface area contributed by atoms with Crippen LogP contribution in [0.1, 0.15) is 46.9 Å². The summed E-state index contributed by atoms with van der Waals surface area (Å²) in [5, 5.41) is 7.66. The molecule has 0 unspecified atom stereocenters. The molecule has 3 heterocycles. The first-order chi connectivity index (χ1) is 17.3. The van der Waals surface area contributed by atoms with Crippen LogP contribution in [0.15, 0.2) is 53.0 Å². The van der Waals surface area contributed by atoms with E-state index in [-0.39, 0.29) is 23.8 Å². The van der Waals surface area contributed by atoms with Gasteiger partial charge in [-0.2, -0.15) is 5.10 Å². The van der Waals surface area contributed by atoms with E-state index in [9.17, 15) is 14.4 Å². The molecule has 1 atom stereocenters. The van der Waals surface area contributed by atoms with Gasteiger partial charge in [-0.3, -0.25) is 14.4 Å². The van der Waals surface area contributed by atoms with Crippen molar-refractivity contribution in [3.63, 3.8) is 0 Å². The fourth-order valence-corrected chi connectivity index (χ4v) is 5.11. The molecule has 1 saturated heterocycles. The highest BCUT2D eigenvalue weighted by Gasteiger charge is 2.36. The second-order valence-electron chi connectivity index (χ2n) is 9.27. The summed E-state index contributed by atoms with van der Waals surface area (Å²) >= 11 is 3.45. The minimum absolute atomic E-state index is 0.00347. The van der Waals surface area contributed by atoms with Crippen LogP contribution in [0.2, 0.25) is 0 Å². The molecular weight excluding hydrogens is 522 g/mol. The van der Waals surface area contributed by atoms with E-state index in [1.54, 1.807) is 22.7 Å². The van der Waals surface area contributed by atoms with Gasteiger partial charge in [-0.05, 0) is 66.8 Å². The molecule has 1 N–H and O–H groups in total. The Hall–Kier alpha value is -3.46.